The predicted molar refractivity (Wildman–Crippen MR) is 400 cm³/mol. The molecule has 0 spiro atoms. The van der Waals surface area contributed by atoms with Crippen molar-refractivity contribution in [3.8, 4) is 0 Å². The Labute approximate surface area is 600 Å². The molecule has 17 nitrogen and oxygen atoms in total. The van der Waals surface area contributed by atoms with Crippen LogP contribution in [0.1, 0.15) is 408 Å². The van der Waals surface area contributed by atoms with Crippen molar-refractivity contribution in [2.24, 2.45) is 17.8 Å². The maximum atomic E-state index is 13.1. The maximum Gasteiger partial charge on any atom is 0.472 e. The van der Waals surface area contributed by atoms with Crippen molar-refractivity contribution in [2.75, 3.05) is 39.6 Å². The number of carbonyl (C=O) groups excluding carboxylic acids is 4. The van der Waals surface area contributed by atoms with E-state index in [1.54, 1.807) is 0 Å². The number of hydrogen-bond donors (Lipinski definition) is 3. The molecule has 98 heavy (non-hydrogen) atoms. The average molecular weight is 1440 g/mol. The van der Waals surface area contributed by atoms with Gasteiger partial charge in [0.2, 0.25) is 0 Å². The summed E-state index contributed by atoms with van der Waals surface area (Å²) in [6.07, 6.45) is 57.0. The first-order chi connectivity index (χ1) is 47.3. The number of phosphoric ester groups is 2. The largest absolute Gasteiger partial charge is 0.472 e. The van der Waals surface area contributed by atoms with E-state index in [-0.39, 0.29) is 25.7 Å². The van der Waals surface area contributed by atoms with E-state index in [0.717, 1.165) is 108 Å². The van der Waals surface area contributed by atoms with Crippen molar-refractivity contribution in [1.82, 2.24) is 0 Å². The quantitative estimate of drug-likeness (QED) is 0.0222. The molecule has 0 heterocycles. The summed E-state index contributed by atoms with van der Waals surface area (Å²) in [5, 5.41) is 10.6. The Morgan fingerprint density at radius 2 is 0.520 bits per heavy atom. The van der Waals surface area contributed by atoms with E-state index in [9.17, 15) is 43.2 Å². The Morgan fingerprint density at radius 1 is 0.296 bits per heavy atom. The summed E-state index contributed by atoms with van der Waals surface area (Å²) >= 11 is 0. The summed E-state index contributed by atoms with van der Waals surface area (Å²) in [5.41, 5.74) is 0. The van der Waals surface area contributed by atoms with Crippen LogP contribution in [0.25, 0.3) is 0 Å². The molecule has 0 aromatic carbocycles. The van der Waals surface area contributed by atoms with E-state index in [1.165, 1.54) is 212 Å². The van der Waals surface area contributed by atoms with Crippen LogP contribution in [0.2, 0.25) is 0 Å². The monoisotopic (exact) mass is 1440 g/mol. The van der Waals surface area contributed by atoms with Crippen molar-refractivity contribution < 1.29 is 80.2 Å². The number of ether oxygens (including phenoxy) is 4. The van der Waals surface area contributed by atoms with Gasteiger partial charge >= 0.3 is 39.5 Å². The Bertz CT molecular complexity index is 1910. The predicted octanol–water partition coefficient (Wildman–Crippen LogP) is 23.4. The summed E-state index contributed by atoms with van der Waals surface area (Å²) in [5.74, 6) is 0.161. The van der Waals surface area contributed by atoms with Crippen LogP contribution in [0.5, 0.6) is 0 Å². The van der Waals surface area contributed by atoms with Gasteiger partial charge in [0.1, 0.15) is 19.3 Å². The molecule has 0 aliphatic heterocycles. The molecule has 0 amide bonds. The molecule has 0 rings (SSSR count). The lowest BCUT2D eigenvalue weighted by molar-refractivity contribution is -0.161. The highest BCUT2D eigenvalue weighted by atomic mass is 31.2. The van der Waals surface area contributed by atoms with Gasteiger partial charge in [-0.1, -0.05) is 357 Å². The third-order valence-electron chi connectivity index (χ3n) is 18.7. The Hall–Kier alpha value is -1.94. The van der Waals surface area contributed by atoms with E-state index in [2.05, 4.69) is 48.5 Å². The van der Waals surface area contributed by atoms with E-state index < -0.39 is 97.5 Å². The molecule has 582 valence electrons. The summed E-state index contributed by atoms with van der Waals surface area (Å²) in [7, 11) is -9.92. The maximum absolute atomic E-state index is 13.1. The Kier molecular flexibility index (Phi) is 68.1. The third-order valence-corrected chi connectivity index (χ3v) is 20.6. The normalized spacial score (nSPS) is 14.3. The minimum atomic E-state index is -4.96. The highest BCUT2D eigenvalue weighted by molar-refractivity contribution is 7.47. The average Bonchev–Trinajstić information content (AvgIpc) is 1.27. The molecule has 0 aromatic heterocycles. The van der Waals surface area contributed by atoms with Gasteiger partial charge in [0.15, 0.2) is 12.2 Å². The fraction of sp³-hybridized carbons (Fsp3) is 0.949. The molecule has 3 N–H and O–H groups in total. The van der Waals surface area contributed by atoms with Crippen LogP contribution in [0.15, 0.2) is 0 Å². The van der Waals surface area contributed by atoms with Crippen LogP contribution in [-0.2, 0) is 65.4 Å². The molecule has 0 saturated heterocycles. The van der Waals surface area contributed by atoms with Gasteiger partial charge < -0.3 is 33.8 Å². The zero-order chi connectivity index (χ0) is 72.3. The van der Waals surface area contributed by atoms with Crippen molar-refractivity contribution in [3.05, 3.63) is 0 Å². The molecule has 0 aromatic rings. The lowest BCUT2D eigenvalue weighted by Gasteiger charge is -2.21. The van der Waals surface area contributed by atoms with Crippen molar-refractivity contribution in [2.45, 2.75) is 426 Å². The summed E-state index contributed by atoms with van der Waals surface area (Å²) < 4.78 is 68.6. The minimum Gasteiger partial charge on any atom is -0.462 e. The molecule has 0 fully saturated rings. The van der Waals surface area contributed by atoms with Gasteiger partial charge in [-0.3, -0.25) is 37.3 Å². The number of esters is 4. The van der Waals surface area contributed by atoms with Crippen LogP contribution < -0.4 is 0 Å². The number of aliphatic hydroxyl groups excluding tert-OH is 1. The summed E-state index contributed by atoms with van der Waals surface area (Å²) in [6, 6.07) is 0. The first-order valence-electron chi connectivity index (χ1n) is 40.9. The van der Waals surface area contributed by atoms with Crippen LogP contribution in [0.3, 0.4) is 0 Å². The molecule has 19 heteroatoms. The fourth-order valence-corrected chi connectivity index (χ4v) is 13.7. The van der Waals surface area contributed by atoms with Gasteiger partial charge in [0, 0.05) is 25.7 Å². The molecule has 0 radical (unpaired) electrons. The molecule has 0 aliphatic rings. The number of phosphoric acid groups is 2. The lowest BCUT2D eigenvalue weighted by atomic mass is 9.99. The zero-order valence-corrected chi connectivity index (χ0v) is 66.0. The van der Waals surface area contributed by atoms with Gasteiger partial charge in [-0.25, -0.2) is 9.13 Å². The van der Waals surface area contributed by atoms with Crippen molar-refractivity contribution in [1.29, 1.82) is 0 Å². The van der Waals surface area contributed by atoms with Gasteiger partial charge in [0.05, 0.1) is 26.4 Å². The van der Waals surface area contributed by atoms with E-state index in [4.69, 9.17) is 37.0 Å². The smallest absolute Gasteiger partial charge is 0.462 e. The molecule has 0 saturated carbocycles. The zero-order valence-electron chi connectivity index (χ0n) is 64.3. The summed E-state index contributed by atoms with van der Waals surface area (Å²) in [4.78, 5) is 72.9. The molecular weight excluding hydrogens is 1280 g/mol. The van der Waals surface area contributed by atoms with Crippen LogP contribution >= 0.6 is 15.6 Å². The number of rotatable bonds is 77. The van der Waals surface area contributed by atoms with Crippen molar-refractivity contribution in [3.63, 3.8) is 0 Å². The third kappa shape index (κ3) is 71.1. The molecule has 6 atom stereocenters. The second-order valence-corrected chi connectivity index (χ2v) is 32.6. The second kappa shape index (κ2) is 69.4. The van der Waals surface area contributed by atoms with Gasteiger partial charge in [0.25, 0.3) is 0 Å². The molecular formula is C79H154O17P2. The lowest BCUT2D eigenvalue weighted by Crippen LogP contribution is -2.30. The first-order valence-corrected chi connectivity index (χ1v) is 43.9. The SMILES string of the molecule is CCCCCCCCCCCCCCCCCCCCC(=O)OC[C@H](COP(=O)(O)OC[C@@H](O)COP(=O)(O)OC[C@@H](COC(=O)CCCCCCCCC(C)C)OC(=O)CCCCCCCCCCCCC(C)C)OC(=O)CCCCCCCCCCCCCCCCC(C)CC. The number of aliphatic hydroxyl groups is 1. The van der Waals surface area contributed by atoms with Gasteiger partial charge in [-0.05, 0) is 43.4 Å². The highest BCUT2D eigenvalue weighted by Crippen LogP contribution is 2.45. The fourth-order valence-electron chi connectivity index (χ4n) is 12.1. The molecule has 0 aliphatic carbocycles. The van der Waals surface area contributed by atoms with Crippen molar-refractivity contribution >= 4 is 39.5 Å². The standard InChI is InChI=1S/C79H154O17P2/c1-8-10-11-12-13-14-15-16-17-18-19-20-24-27-33-38-46-53-60-76(81)89-66-74(95-78(83)62-55-48-39-34-28-25-22-21-23-26-32-37-45-52-59-72(7)9-2)68-93-97(85,86)91-64-73(80)65-92-98(87,88)94-69-75(67-90-77(82)61-54-47-42-41-44-51-58-71(5)6)96-79(84)63-56-49-40-35-30-29-31-36-43-50-57-70(3)4/h70-75,80H,8-69H2,1-7H3,(H,85,86)(H,87,88)/t72?,73-,74-,75-/m1/s1. The Morgan fingerprint density at radius 3 is 0.776 bits per heavy atom. The van der Waals surface area contributed by atoms with E-state index >= 15 is 0 Å². The van der Waals surface area contributed by atoms with E-state index in [1.807, 2.05) is 0 Å². The Balaban J connectivity index is 5.23. The van der Waals surface area contributed by atoms with E-state index in [0.29, 0.717) is 31.6 Å². The number of unbranched alkanes of at least 4 members (excludes halogenated alkanes) is 44. The van der Waals surface area contributed by atoms with Crippen LogP contribution in [-0.4, -0.2) is 96.7 Å². The summed E-state index contributed by atoms with van der Waals surface area (Å²) in [6.45, 7) is 11.9. The van der Waals surface area contributed by atoms with Crippen LogP contribution in [0.4, 0.5) is 0 Å². The number of hydrogen-bond acceptors (Lipinski definition) is 15. The topological polar surface area (TPSA) is 237 Å². The second-order valence-electron chi connectivity index (χ2n) is 29.6. The van der Waals surface area contributed by atoms with Crippen LogP contribution in [0, 0.1) is 17.8 Å². The highest BCUT2D eigenvalue weighted by Gasteiger charge is 2.30. The molecule has 0 bridgehead atoms. The van der Waals surface area contributed by atoms with Gasteiger partial charge in [-0.15, -0.1) is 0 Å². The molecule has 3 unspecified atom stereocenters. The number of carbonyl (C=O) groups is 4. The first kappa shape index (κ1) is 96.1. The van der Waals surface area contributed by atoms with Gasteiger partial charge in [-0.2, -0.15) is 0 Å². The minimum absolute atomic E-state index is 0.105.